The number of benzene rings is 3. The van der Waals surface area contributed by atoms with Gasteiger partial charge in [0.2, 0.25) is 5.88 Å². The molecular weight excluding hydrogens is 451 g/mol. The number of carboxylic acid groups (broad SMARTS) is 1. The number of carbonyl (C=O) groups is 2. The van der Waals surface area contributed by atoms with E-state index in [-0.39, 0.29) is 28.1 Å². The van der Waals surface area contributed by atoms with Crippen molar-refractivity contribution in [3.8, 4) is 28.6 Å². The summed E-state index contributed by atoms with van der Waals surface area (Å²) in [5.74, 6) is -3.39. The smallest absolute Gasteiger partial charge is 0.416 e. The average Bonchev–Trinajstić information content (AvgIpc) is 3.09. The van der Waals surface area contributed by atoms with Gasteiger partial charge in [0.1, 0.15) is 0 Å². The largest absolute Gasteiger partial charge is 0.503 e. The van der Waals surface area contributed by atoms with Crippen molar-refractivity contribution in [2.45, 2.75) is 6.18 Å². The van der Waals surface area contributed by atoms with Crippen LogP contribution < -0.4 is 0 Å². The first-order valence-corrected chi connectivity index (χ1v) is 9.87. The van der Waals surface area contributed by atoms with Gasteiger partial charge >= 0.3 is 12.1 Å². The van der Waals surface area contributed by atoms with Crippen LogP contribution in [-0.4, -0.2) is 31.6 Å². The molecule has 3 aromatic carbocycles. The number of ketones is 1. The maximum Gasteiger partial charge on any atom is 0.416 e. The highest BCUT2D eigenvalue weighted by atomic mass is 19.4. The Balaban J connectivity index is 1.93. The van der Waals surface area contributed by atoms with Gasteiger partial charge in [0, 0.05) is 11.3 Å². The molecule has 34 heavy (non-hydrogen) atoms. The van der Waals surface area contributed by atoms with Crippen LogP contribution in [0, 0.1) is 0 Å². The molecule has 0 saturated heterocycles. The number of nitrogens with zero attached hydrogens (tertiary/aromatic N) is 1. The summed E-state index contributed by atoms with van der Waals surface area (Å²) < 4.78 is 40.1. The van der Waals surface area contributed by atoms with Crippen molar-refractivity contribution in [1.82, 2.24) is 4.57 Å². The Kier molecular flexibility index (Phi) is 5.62. The molecule has 1 heterocycles. The van der Waals surface area contributed by atoms with E-state index >= 15 is 0 Å². The molecular formula is C25H16F3NO5. The van der Waals surface area contributed by atoms with Crippen molar-refractivity contribution in [3.05, 3.63) is 101 Å². The quantitative estimate of drug-likeness (QED) is 0.337. The minimum atomic E-state index is -4.56. The van der Waals surface area contributed by atoms with E-state index in [2.05, 4.69) is 0 Å². The number of aromatic nitrogens is 1. The predicted molar refractivity (Wildman–Crippen MR) is 116 cm³/mol. The van der Waals surface area contributed by atoms with Crippen LogP contribution in [0.1, 0.15) is 31.8 Å². The highest BCUT2D eigenvalue weighted by Crippen LogP contribution is 2.44. The van der Waals surface area contributed by atoms with Crippen molar-refractivity contribution < 1.29 is 38.1 Å². The summed E-state index contributed by atoms with van der Waals surface area (Å²) >= 11 is 0. The fourth-order valence-electron chi connectivity index (χ4n) is 3.59. The second kappa shape index (κ2) is 8.43. The zero-order valence-electron chi connectivity index (χ0n) is 17.2. The monoisotopic (exact) mass is 467 g/mol. The van der Waals surface area contributed by atoms with Crippen molar-refractivity contribution in [1.29, 1.82) is 0 Å². The summed E-state index contributed by atoms with van der Waals surface area (Å²) in [6.45, 7) is 0. The molecule has 4 rings (SSSR count). The van der Waals surface area contributed by atoms with E-state index in [0.717, 1.165) is 28.8 Å². The summed E-state index contributed by atoms with van der Waals surface area (Å²) in [6, 6.07) is 17.1. The number of aromatic carboxylic acids is 1. The second-order valence-electron chi connectivity index (χ2n) is 7.35. The van der Waals surface area contributed by atoms with Crippen molar-refractivity contribution in [2.24, 2.45) is 0 Å². The summed E-state index contributed by atoms with van der Waals surface area (Å²) in [5.41, 5.74) is -0.641. The number of carbonyl (C=O) groups excluding carboxylic acids is 1. The number of alkyl halides is 3. The number of halogens is 3. The summed E-state index contributed by atoms with van der Waals surface area (Å²) in [6.07, 6.45) is -4.56. The molecule has 0 amide bonds. The third-order valence-electron chi connectivity index (χ3n) is 5.24. The summed E-state index contributed by atoms with van der Waals surface area (Å²) in [4.78, 5) is 24.4. The molecule has 0 spiro atoms. The van der Waals surface area contributed by atoms with Gasteiger partial charge in [0.15, 0.2) is 11.5 Å². The molecule has 0 fully saturated rings. The second-order valence-corrected chi connectivity index (χ2v) is 7.35. The molecule has 3 N–H and O–H groups in total. The van der Waals surface area contributed by atoms with Gasteiger partial charge in [-0.05, 0) is 42.0 Å². The summed E-state index contributed by atoms with van der Waals surface area (Å²) in [7, 11) is 0. The minimum Gasteiger partial charge on any atom is -0.503 e. The van der Waals surface area contributed by atoms with E-state index in [1.165, 1.54) is 24.3 Å². The van der Waals surface area contributed by atoms with Gasteiger partial charge in [-0.1, -0.05) is 42.5 Å². The van der Waals surface area contributed by atoms with Gasteiger partial charge < -0.3 is 15.3 Å². The fourth-order valence-corrected chi connectivity index (χ4v) is 3.59. The SMILES string of the molecule is O=C(O)c1ccc(C(=O)c2c(O)c(O)n(-c3ccc(C(F)(F)F)cc3)c2-c2ccccc2)cc1. The van der Waals surface area contributed by atoms with Crippen LogP contribution in [0.2, 0.25) is 0 Å². The third-order valence-corrected chi connectivity index (χ3v) is 5.24. The highest BCUT2D eigenvalue weighted by molar-refractivity contribution is 6.15. The maximum absolute atomic E-state index is 13.3. The van der Waals surface area contributed by atoms with Crippen molar-refractivity contribution in [3.63, 3.8) is 0 Å². The lowest BCUT2D eigenvalue weighted by molar-refractivity contribution is -0.137. The molecule has 9 heteroatoms. The first-order valence-electron chi connectivity index (χ1n) is 9.87. The highest BCUT2D eigenvalue weighted by Gasteiger charge is 2.32. The van der Waals surface area contributed by atoms with E-state index in [1.807, 2.05) is 0 Å². The van der Waals surface area contributed by atoms with Crippen LogP contribution in [-0.2, 0) is 6.18 Å². The Morgan fingerprint density at radius 3 is 1.85 bits per heavy atom. The Bertz CT molecular complexity index is 1370. The van der Waals surface area contributed by atoms with Crippen molar-refractivity contribution >= 4 is 11.8 Å². The molecule has 0 bridgehead atoms. The first kappa shape index (κ1) is 22.7. The van der Waals surface area contributed by atoms with Gasteiger partial charge in [0.25, 0.3) is 0 Å². The van der Waals surface area contributed by atoms with Gasteiger partial charge in [-0.3, -0.25) is 9.36 Å². The molecule has 1 aromatic heterocycles. The van der Waals surface area contributed by atoms with Crippen LogP contribution in [0.4, 0.5) is 13.2 Å². The molecule has 172 valence electrons. The number of aromatic hydroxyl groups is 2. The third kappa shape index (κ3) is 3.99. The average molecular weight is 467 g/mol. The van der Waals surface area contributed by atoms with Gasteiger partial charge in [-0.15, -0.1) is 0 Å². The van der Waals surface area contributed by atoms with E-state index in [1.54, 1.807) is 30.3 Å². The zero-order chi connectivity index (χ0) is 24.6. The predicted octanol–water partition coefficient (Wildman–Crippen LogP) is 5.50. The number of carboxylic acids is 1. The Morgan fingerprint density at radius 1 is 0.765 bits per heavy atom. The lowest BCUT2D eigenvalue weighted by Gasteiger charge is -2.13. The lowest BCUT2D eigenvalue weighted by atomic mass is 9.98. The van der Waals surface area contributed by atoms with Gasteiger partial charge in [-0.2, -0.15) is 13.2 Å². The van der Waals surface area contributed by atoms with Crippen molar-refractivity contribution in [2.75, 3.05) is 0 Å². The standard InChI is InChI=1S/C25H16F3NO5/c26-25(27,28)17-10-12-18(13-11-17)29-20(14-4-2-1-3-5-14)19(22(31)23(29)32)21(30)15-6-8-16(9-7-15)24(33)34/h1-13,31-32H,(H,33,34). The van der Waals surface area contributed by atoms with E-state index in [9.17, 15) is 33.0 Å². The summed E-state index contributed by atoms with van der Waals surface area (Å²) in [5, 5.41) is 30.5. The van der Waals surface area contributed by atoms with Crippen LogP contribution in [0.15, 0.2) is 78.9 Å². The minimum absolute atomic E-state index is 0.0436. The van der Waals surface area contributed by atoms with E-state index < -0.39 is 35.1 Å². The Labute approximate surface area is 190 Å². The van der Waals surface area contributed by atoms with Gasteiger partial charge in [-0.25, -0.2) is 4.79 Å². The molecule has 4 aromatic rings. The normalized spacial score (nSPS) is 11.4. The molecule has 0 saturated carbocycles. The maximum atomic E-state index is 13.3. The molecule has 0 aliphatic carbocycles. The van der Waals surface area contributed by atoms with Gasteiger partial charge in [0.05, 0.1) is 22.4 Å². The van der Waals surface area contributed by atoms with E-state index in [0.29, 0.717) is 5.56 Å². The van der Waals surface area contributed by atoms with Crippen LogP contribution in [0.25, 0.3) is 16.9 Å². The topological polar surface area (TPSA) is 99.8 Å². The fraction of sp³-hybridized carbons (Fsp3) is 0.0400. The molecule has 0 radical (unpaired) electrons. The Hall–Kier alpha value is -4.53. The van der Waals surface area contributed by atoms with Crippen LogP contribution >= 0.6 is 0 Å². The number of hydrogen-bond acceptors (Lipinski definition) is 4. The molecule has 0 aliphatic rings. The molecule has 0 unspecified atom stereocenters. The number of hydrogen-bond donors (Lipinski definition) is 3. The Morgan fingerprint density at radius 2 is 1.32 bits per heavy atom. The lowest BCUT2D eigenvalue weighted by Crippen LogP contribution is -2.07. The molecule has 0 atom stereocenters. The molecule has 0 aliphatic heterocycles. The number of rotatable bonds is 5. The zero-order valence-corrected chi connectivity index (χ0v) is 17.2. The van der Waals surface area contributed by atoms with E-state index in [4.69, 9.17) is 5.11 Å². The van der Waals surface area contributed by atoms with Crippen LogP contribution in [0.3, 0.4) is 0 Å². The van der Waals surface area contributed by atoms with Crippen LogP contribution in [0.5, 0.6) is 11.6 Å². The first-order chi connectivity index (χ1) is 16.1. The molecule has 6 nitrogen and oxygen atoms in total.